The topological polar surface area (TPSA) is 20.2 Å². The first kappa shape index (κ1) is 12.9. The molecular weight excluding hydrogens is 275 g/mol. The van der Waals surface area contributed by atoms with E-state index in [2.05, 4.69) is 0 Å². The van der Waals surface area contributed by atoms with E-state index < -0.39 is 6.10 Å². The Bertz CT molecular complexity index is 522. The second-order valence-electron chi connectivity index (χ2n) is 3.92. The quantitative estimate of drug-likeness (QED) is 0.872. The van der Waals surface area contributed by atoms with Crippen LogP contribution in [0.3, 0.4) is 0 Å². The summed E-state index contributed by atoms with van der Waals surface area (Å²) in [6, 6.07) is 9.41. The monoisotopic (exact) mass is 286 g/mol. The molecule has 1 unspecified atom stereocenters. The standard InChI is InChI=1S/C13H12Cl2OS/c1-8-2-5-13(17-8)12(16)7-9-3-4-10(14)11(15)6-9/h2-6,12,16H,7H2,1H3. The minimum Gasteiger partial charge on any atom is -0.387 e. The van der Waals surface area contributed by atoms with Crippen molar-refractivity contribution in [3.8, 4) is 0 Å². The van der Waals surface area contributed by atoms with Gasteiger partial charge in [0.15, 0.2) is 0 Å². The molecule has 1 atom stereocenters. The van der Waals surface area contributed by atoms with Crippen molar-refractivity contribution in [3.05, 3.63) is 55.7 Å². The third-order valence-corrected chi connectivity index (χ3v) is 4.34. The van der Waals surface area contributed by atoms with Crippen LogP contribution in [0.25, 0.3) is 0 Å². The first-order valence-corrected chi connectivity index (χ1v) is 6.82. The Morgan fingerprint density at radius 1 is 1.18 bits per heavy atom. The molecule has 0 bridgehead atoms. The van der Waals surface area contributed by atoms with Crippen LogP contribution in [-0.2, 0) is 6.42 Å². The van der Waals surface area contributed by atoms with Crippen molar-refractivity contribution < 1.29 is 5.11 Å². The second-order valence-corrected chi connectivity index (χ2v) is 6.05. The molecule has 0 radical (unpaired) electrons. The van der Waals surface area contributed by atoms with Crippen molar-refractivity contribution in [2.24, 2.45) is 0 Å². The SMILES string of the molecule is Cc1ccc(C(O)Cc2ccc(Cl)c(Cl)c2)s1. The normalized spacial score (nSPS) is 12.7. The number of hydrogen-bond acceptors (Lipinski definition) is 2. The Kier molecular flexibility index (Phi) is 4.10. The van der Waals surface area contributed by atoms with Crippen LogP contribution < -0.4 is 0 Å². The predicted molar refractivity (Wildman–Crippen MR) is 74.2 cm³/mol. The number of benzene rings is 1. The molecule has 1 heterocycles. The molecular formula is C13H12Cl2OS. The molecule has 4 heteroatoms. The van der Waals surface area contributed by atoms with Crippen LogP contribution in [0.2, 0.25) is 10.0 Å². The van der Waals surface area contributed by atoms with Crippen molar-refractivity contribution in [1.82, 2.24) is 0 Å². The van der Waals surface area contributed by atoms with E-state index in [9.17, 15) is 5.11 Å². The van der Waals surface area contributed by atoms with Gasteiger partial charge in [-0.15, -0.1) is 11.3 Å². The summed E-state index contributed by atoms with van der Waals surface area (Å²) in [6.45, 7) is 2.03. The lowest BCUT2D eigenvalue weighted by Gasteiger charge is -2.09. The molecule has 1 aromatic carbocycles. The molecule has 1 nitrogen and oxygen atoms in total. The van der Waals surface area contributed by atoms with E-state index in [1.54, 1.807) is 23.5 Å². The highest BCUT2D eigenvalue weighted by Gasteiger charge is 2.11. The summed E-state index contributed by atoms with van der Waals surface area (Å²) in [5.74, 6) is 0. The van der Waals surface area contributed by atoms with Gasteiger partial charge in [0.05, 0.1) is 16.1 Å². The van der Waals surface area contributed by atoms with Gasteiger partial charge in [-0.1, -0.05) is 29.3 Å². The van der Waals surface area contributed by atoms with E-state index in [0.717, 1.165) is 10.4 Å². The summed E-state index contributed by atoms with van der Waals surface area (Å²) in [5.41, 5.74) is 0.984. The van der Waals surface area contributed by atoms with Gasteiger partial charge in [0.1, 0.15) is 0 Å². The fourth-order valence-electron chi connectivity index (χ4n) is 1.62. The van der Waals surface area contributed by atoms with Crippen molar-refractivity contribution in [1.29, 1.82) is 0 Å². The van der Waals surface area contributed by atoms with Gasteiger partial charge in [-0.05, 0) is 36.8 Å². The lowest BCUT2D eigenvalue weighted by molar-refractivity contribution is 0.182. The molecule has 1 aromatic heterocycles. The lowest BCUT2D eigenvalue weighted by atomic mass is 10.1. The van der Waals surface area contributed by atoms with E-state index in [4.69, 9.17) is 23.2 Å². The van der Waals surface area contributed by atoms with Gasteiger partial charge < -0.3 is 5.11 Å². The van der Waals surface area contributed by atoms with E-state index in [1.165, 1.54) is 4.88 Å². The Morgan fingerprint density at radius 3 is 2.53 bits per heavy atom. The molecule has 0 fully saturated rings. The van der Waals surface area contributed by atoms with Gasteiger partial charge in [0.2, 0.25) is 0 Å². The molecule has 0 aliphatic carbocycles. The van der Waals surface area contributed by atoms with Crippen molar-refractivity contribution in [2.75, 3.05) is 0 Å². The summed E-state index contributed by atoms with van der Waals surface area (Å²) < 4.78 is 0. The molecule has 0 amide bonds. The highest BCUT2D eigenvalue weighted by molar-refractivity contribution is 7.12. The van der Waals surface area contributed by atoms with Gasteiger partial charge in [-0.25, -0.2) is 0 Å². The first-order chi connectivity index (χ1) is 8.06. The molecule has 2 rings (SSSR count). The van der Waals surface area contributed by atoms with Crippen LogP contribution in [0.5, 0.6) is 0 Å². The Labute approximate surface area is 115 Å². The number of aliphatic hydroxyl groups is 1. The summed E-state index contributed by atoms with van der Waals surface area (Å²) in [7, 11) is 0. The summed E-state index contributed by atoms with van der Waals surface area (Å²) in [5, 5.41) is 11.1. The number of thiophene rings is 1. The molecule has 17 heavy (non-hydrogen) atoms. The summed E-state index contributed by atoms with van der Waals surface area (Å²) in [4.78, 5) is 2.18. The third-order valence-electron chi connectivity index (χ3n) is 2.50. The molecule has 0 saturated carbocycles. The second kappa shape index (κ2) is 5.40. The highest BCUT2D eigenvalue weighted by atomic mass is 35.5. The number of halogens is 2. The number of aryl methyl sites for hydroxylation is 1. The Hall–Kier alpha value is -0.540. The van der Waals surface area contributed by atoms with Gasteiger partial charge in [0, 0.05) is 16.2 Å². The molecule has 2 aromatic rings. The lowest BCUT2D eigenvalue weighted by Crippen LogP contribution is -1.99. The largest absolute Gasteiger partial charge is 0.387 e. The fourth-order valence-corrected chi connectivity index (χ4v) is 2.81. The van der Waals surface area contributed by atoms with E-state index in [0.29, 0.717) is 16.5 Å². The van der Waals surface area contributed by atoms with E-state index in [-0.39, 0.29) is 0 Å². The molecule has 1 N–H and O–H groups in total. The zero-order chi connectivity index (χ0) is 12.4. The van der Waals surface area contributed by atoms with Crippen molar-refractivity contribution in [3.63, 3.8) is 0 Å². The van der Waals surface area contributed by atoms with Crippen molar-refractivity contribution in [2.45, 2.75) is 19.4 Å². The maximum absolute atomic E-state index is 10.1. The predicted octanol–water partition coefficient (Wildman–Crippen LogP) is 4.64. The van der Waals surface area contributed by atoms with E-state index >= 15 is 0 Å². The average molecular weight is 287 g/mol. The summed E-state index contributed by atoms with van der Waals surface area (Å²) >= 11 is 13.4. The maximum Gasteiger partial charge on any atom is 0.0922 e. The molecule has 0 aliphatic rings. The fraction of sp³-hybridized carbons (Fsp3) is 0.231. The molecule has 0 saturated heterocycles. The number of rotatable bonds is 3. The number of hydrogen-bond donors (Lipinski definition) is 1. The smallest absolute Gasteiger partial charge is 0.0922 e. The summed E-state index contributed by atoms with van der Waals surface area (Å²) in [6.07, 6.45) is 0.0718. The van der Waals surface area contributed by atoms with Crippen molar-refractivity contribution >= 4 is 34.5 Å². The minimum absolute atomic E-state index is 0.481. The first-order valence-electron chi connectivity index (χ1n) is 5.24. The van der Waals surface area contributed by atoms with Crippen LogP contribution >= 0.6 is 34.5 Å². The molecule has 90 valence electrons. The zero-order valence-corrected chi connectivity index (χ0v) is 11.6. The minimum atomic E-state index is -0.481. The van der Waals surface area contributed by atoms with Crippen LogP contribution in [0.15, 0.2) is 30.3 Å². The van der Waals surface area contributed by atoms with Crippen LogP contribution in [-0.4, -0.2) is 5.11 Å². The molecule has 0 spiro atoms. The Balaban J connectivity index is 2.12. The maximum atomic E-state index is 10.1. The van der Waals surface area contributed by atoms with Crippen LogP contribution in [0.1, 0.15) is 21.4 Å². The highest BCUT2D eigenvalue weighted by Crippen LogP contribution is 2.28. The van der Waals surface area contributed by atoms with Gasteiger partial charge in [0.25, 0.3) is 0 Å². The van der Waals surface area contributed by atoms with E-state index in [1.807, 2.05) is 25.1 Å². The number of aliphatic hydroxyl groups excluding tert-OH is 1. The molecule has 0 aliphatic heterocycles. The van der Waals surface area contributed by atoms with Crippen LogP contribution in [0.4, 0.5) is 0 Å². The zero-order valence-electron chi connectivity index (χ0n) is 9.28. The van der Waals surface area contributed by atoms with Gasteiger partial charge in [-0.2, -0.15) is 0 Å². The van der Waals surface area contributed by atoms with Gasteiger partial charge in [-0.3, -0.25) is 0 Å². The van der Waals surface area contributed by atoms with Crippen LogP contribution in [0, 0.1) is 6.92 Å². The van der Waals surface area contributed by atoms with Gasteiger partial charge >= 0.3 is 0 Å². The average Bonchev–Trinajstić information content (AvgIpc) is 2.70. The Morgan fingerprint density at radius 2 is 1.94 bits per heavy atom. The third kappa shape index (κ3) is 3.23.